The zero-order chi connectivity index (χ0) is 36.7. The largest absolute Gasteiger partial charge is 0.425 e. The summed E-state index contributed by atoms with van der Waals surface area (Å²) in [7, 11) is 0. The van der Waals surface area contributed by atoms with E-state index in [4.69, 9.17) is 4.74 Å². The SMILES string of the molecule is CCCNC(=O)CC(C)(C)C(=O)NC(C)(C)CC(C)(C)C(=O)Oc1c(-c2ccc(C)s2)ccc2c1CCC(N(CCC)CCc1cccs1)C2. The molecule has 274 valence electrons. The average Bonchev–Trinajstić information content (AvgIpc) is 3.72. The van der Waals surface area contributed by atoms with Crippen LogP contribution in [0.15, 0.2) is 41.8 Å². The summed E-state index contributed by atoms with van der Waals surface area (Å²) in [5, 5.41) is 8.16. The molecule has 1 atom stereocenters. The van der Waals surface area contributed by atoms with Gasteiger partial charge in [0, 0.05) is 51.3 Å². The Bertz CT molecular complexity index is 1610. The Balaban J connectivity index is 1.53. The maximum atomic E-state index is 14.2. The summed E-state index contributed by atoms with van der Waals surface area (Å²) in [4.78, 5) is 46.4. The van der Waals surface area contributed by atoms with Gasteiger partial charge in [0.05, 0.1) is 10.8 Å². The highest BCUT2D eigenvalue weighted by Crippen LogP contribution is 2.43. The van der Waals surface area contributed by atoms with Crippen LogP contribution in [0.2, 0.25) is 0 Å². The molecule has 1 aliphatic rings. The molecule has 0 saturated heterocycles. The maximum absolute atomic E-state index is 14.2. The summed E-state index contributed by atoms with van der Waals surface area (Å²) < 4.78 is 6.51. The average molecular weight is 722 g/mol. The minimum absolute atomic E-state index is 0.0934. The second kappa shape index (κ2) is 17.0. The quantitative estimate of drug-likeness (QED) is 0.108. The van der Waals surface area contributed by atoms with Gasteiger partial charge in [-0.25, -0.2) is 0 Å². The van der Waals surface area contributed by atoms with Gasteiger partial charge in [-0.3, -0.25) is 19.3 Å². The summed E-state index contributed by atoms with van der Waals surface area (Å²) in [6.45, 7) is 20.3. The van der Waals surface area contributed by atoms with Crippen LogP contribution in [-0.4, -0.2) is 53.9 Å². The van der Waals surface area contributed by atoms with Crippen molar-refractivity contribution < 1.29 is 19.1 Å². The molecular formula is C41H59N3O4S2. The molecule has 1 aromatic carbocycles. The lowest BCUT2D eigenvalue weighted by molar-refractivity contribution is -0.146. The van der Waals surface area contributed by atoms with Gasteiger partial charge in [-0.1, -0.05) is 39.8 Å². The zero-order valence-electron chi connectivity index (χ0n) is 31.8. The fourth-order valence-corrected chi connectivity index (χ4v) is 8.80. The Morgan fingerprint density at radius 3 is 2.36 bits per heavy atom. The molecule has 0 saturated carbocycles. The van der Waals surface area contributed by atoms with Crippen molar-refractivity contribution in [1.82, 2.24) is 15.5 Å². The van der Waals surface area contributed by atoms with E-state index < -0.39 is 16.4 Å². The first kappa shape index (κ1) is 39.8. The highest BCUT2D eigenvalue weighted by molar-refractivity contribution is 7.15. The van der Waals surface area contributed by atoms with E-state index in [2.05, 4.69) is 71.2 Å². The van der Waals surface area contributed by atoms with E-state index in [-0.39, 0.29) is 24.2 Å². The predicted octanol–water partition coefficient (Wildman–Crippen LogP) is 8.76. The lowest BCUT2D eigenvalue weighted by Crippen LogP contribution is -2.52. The van der Waals surface area contributed by atoms with E-state index >= 15 is 0 Å². The molecule has 4 rings (SSSR count). The lowest BCUT2D eigenvalue weighted by Gasteiger charge is -2.37. The van der Waals surface area contributed by atoms with Gasteiger partial charge in [-0.2, -0.15) is 0 Å². The molecule has 7 nitrogen and oxygen atoms in total. The van der Waals surface area contributed by atoms with Crippen molar-refractivity contribution >= 4 is 40.5 Å². The summed E-state index contributed by atoms with van der Waals surface area (Å²) in [5.41, 5.74) is 0.836. The molecule has 2 aromatic heterocycles. The van der Waals surface area contributed by atoms with E-state index in [1.165, 1.54) is 15.3 Å². The van der Waals surface area contributed by atoms with Crippen LogP contribution >= 0.6 is 22.7 Å². The van der Waals surface area contributed by atoms with Crippen LogP contribution in [-0.2, 0) is 33.6 Å². The highest BCUT2D eigenvalue weighted by atomic mass is 32.1. The van der Waals surface area contributed by atoms with Crippen LogP contribution < -0.4 is 15.4 Å². The third-order valence-corrected chi connectivity index (χ3v) is 11.6. The van der Waals surface area contributed by atoms with E-state index in [0.717, 1.165) is 67.6 Å². The molecule has 2 amide bonds. The van der Waals surface area contributed by atoms with Gasteiger partial charge >= 0.3 is 5.97 Å². The zero-order valence-corrected chi connectivity index (χ0v) is 33.4. The second-order valence-corrected chi connectivity index (χ2v) is 18.3. The number of nitrogens with zero attached hydrogens (tertiary/aromatic N) is 1. The fraction of sp³-hybridized carbons (Fsp3) is 0.585. The molecule has 0 fully saturated rings. The number of carbonyl (C=O) groups is 3. The monoisotopic (exact) mass is 721 g/mol. The minimum atomic E-state index is -0.901. The number of esters is 1. The van der Waals surface area contributed by atoms with Gasteiger partial charge in [0.1, 0.15) is 5.75 Å². The van der Waals surface area contributed by atoms with Crippen molar-refractivity contribution in [2.45, 2.75) is 125 Å². The third kappa shape index (κ3) is 10.5. The summed E-state index contributed by atoms with van der Waals surface area (Å²) in [5.74, 6) is 0.0153. The second-order valence-electron chi connectivity index (χ2n) is 16.0. The molecule has 1 aliphatic carbocycles. The Hall–Kier alpha value is -3.01. The molecule has 0 radical (unpaired) electrons. The number of aryl methyl sites for hydroxylation is 1. The van der Waals surface area contributed by atoms with Gasteiger partial charge in [0.2, 0.25) is 11.8 Å². The summed E-state index contributed by atoms with van der Waals surface area (Å²) >= 11 is 3.54. The maximum Gasteiger partial charge on any atom is 0.317 e. The Labute approximate surface area is 308 Å². The number of amides is 2. The first-order valence-corrected chi connectivity index (χ1v) is 20.0. The Kier molecular flexibility index (Phi) is 13.5. The van der Waals surface area contributed by atoms with Crippen LogP contribution in [0.25, 0.3) is 10.4 Å². The van der Waals surface area contributed by atoms with Crippen LogP contribution in [0.5, 0.6) is 5.75 Å². The van der Waals surface area contributed by atoms with Crippen molar-refractivity contribution in [1.29, 1.82) is 0 Å². The van der Waals surface area contributed by atoms with Crippen LogP contribution in [0.4, 0.5) is 0 Å². The van der Waals surface area contributed by atoms with Gasteiger partial charge in [-0.05, 0) is 127 Å². The van der Waals surface area contributed by atoms with Gasteiger partial charge in [-0.15, -0.1) is 22.7 Å². The molecule has 0 spiro atoms. The number of ether oxygens (including phenoxy) is 1. The fourth-order valence-electron chi connectivity index (χ4n) is 7.21. The number of thiophene rings is 2. The van der Waals surface area contributed by atoms with Gasteiger partial charge < -0.3 is 15.4 Å². The molecular weight excluding hydrogens is 663 g/mol. The van der Waals surface area contributed by atoms with Gasteiger partial charge in [0.15, 0.2) is 0 Å². The highest BCUT2D eigenvalue weighted by Gasteiger charge is 2.41. The third-order valence-electron chi connectivity index (χ3n) is 9.67. The van der Waals surface area contributed by atoms with Gasteiger partial charge in [0.25, 0.3) is 0 Å². The first-order valence-electron chi connectivity index (χ1n) is 18.3. The van der Waals surface area contributed by atoms with E-state index in [1.54, 1.807) is 25.2 Å². The minimum Gasteiger partial charge on any atom is -0.425 e. The molecule has 1 unspecified atom stereocenters. The Morgan fingerprint density at radius 1 is 0.960 bits per heavy atom. The van der Waals surface area contributed by atoms with E-state index in [0.29, 0.717) is 24.8 Å². The van der Waals surface area contributed by atoms with E-state index in [1.807, 2.05) is 46.0 Å². The number of fused-ring (bicyclic) bond motifs is 1. The standard InChI is InChI=1S/C41H59N3O4S2/c1-10-21-42-35(45)26-39(4,5)37(46)43-41(8,9)27-40(6,7)38(47)48-36-32-18-16-30(44(22-11-2)23-20-31-13-12-24-49-31)25-29(32)15-17-33(36)34-19-14-28(3)50-34/h12-15,17,19,24,30H,10-11,16,18,20-23,25-27H2,1-9H3,(H,42,45)(H,43,46). The normalized spacial score (nSPS) is 15.1. The van der Waals surface area contributed by atoms with Crippen molar-refractivity contribution in [3.05, 3.63) is 62.7 Å². The number of hydrogen-bond acceptors (Lipinski definition) is 7. The van der Waals surface area contributed by atoms with Crippen molar-refractivity contribution in [2.75, 3.05) is 19.6 Å². The van der Waals surface area contributed by atoms with Crippen LogP contribution in [0.1, 0.15) is 108 Å². The van der Waals surface area contributed by atoms with Crippen molar-refractivity contribution in [2.24, 2.45) is 10.8 Å². The smallest absolute Gasteiger partial charge is 0.317 e. The molecule has 2 heterocycles. The first-order chi connectivity index (χ1) is 23.5. The van der Waals surface area contributed by atoms with Crippen molar-refractivity contribution in [3.8, 4) is 16.2 Å². The number of nitrogens with one attached hydrogen (secondary N) is 2. The Morgan fingerprint density at radius 2 is 1.72 bits per heavy atom. The predicted molar refractivity (Wildman–Crippen MR) is 208 cm³/mol. The number of benzene rings is 1. The van der Waals surface area contributed by atoms with E-state index in [9.17, 15) is 14.4 Å². The topological polar surface area (TPSA) is 87.7 Å². The summed E-state index contributed by atoms with van der Waals surface area (Å²) in [6.07, 6.45) is 6.28. The molecule has 2 N–H and O–H groups in total. The summed E-state index contributed by atoms with van der Waals surface area (Å²) in [6, 6.07) is 13.4. The molecule has 3 aromatic rings. The molecule has 50 heavy (non-hydrogen) atoms. The number of rotatable bonds is 17. The van der Waals surface area contributed by atoms with Crippen LogP contribution in [0, 0.1) is 17.8 Å². The van der Waals surface area contributed by atoms with Crippen LogP contribution in [0.3, 0.4) is 0 Å². The molecule has 0 bridgehead atoms. The molecule has 0 aliphatic heterocycles. The molecule has 9 heteroatoms. The number of hydrogen-bond donors (Lipinski definition) is 2. The lowest BCUT2D eigenvalue weighted by atomic mass is 9.78. The van der Waals surface area contributed by atoms with Crippen molar-refractivity contribution in [3.63, 3.8) is 0 Å². The number of carbonyl (C=O) groups excluding carboxylic acids is 3.